The Morgan fingerprint density at radius 3 is 1.96 bits per heavy atom. The summed E-state index contributed by atoms with van der Waals surface area (Å²) in [5.74, 6) is 0. The van der Waals surface area contributed by atoms with E-state index in [0.29, 0.717) is 0 Å². The third-order valence-corrected chi connectivity index (χ3v) is 12.6. The molecule has 2 heterocycles. The average molecular weight is 710 g/mol. The topological polar surface area (TPSA) is 16.4 Å². The summed E-state index contributed by atoms with van der Waals surface area (Å²) in [6.45, 7) is 4.71. The van der Waals surface area contributed by atoms with Crippen LogP contribution in [0, 0.1) is 0 Å². The lowest BCUT2D eigenvalue weighted by atomic mass is 9.82. The van der Waals surface area contributed by atoms with Gasteiger partial charge in [-0.1, -0.05) is 129 Å². The van der Waals surface area contributed by atoms with E-state index in [4.69, 9.17) is 4.42 Å². The Hall–Kier alpha value is -6.42. The lowest BCUT2D eigenvalue weighted by Crippen LogP contribution is -2.17. The van der Waals surface area contributed by atoms with Gasteiger partial charge in [0.15, 0.2) is 0 Å². The van der Waals surface area contributed by atoms with Crippen molar-refractivity contribution in [3.63, 3.8) is 0 Å². The van der Waals surface area contributed by atoms with Crippen LogP contribution in [0.15, 0.2) is 180 Å². The Morgan fingerprint density at radius 2 is 1.09 bits per heavy atom. The highest BCUT2D eigenvalue weighted by molar-refractivity contribution is 7.25. The molecule has 1 aliphatic carbocycles. The minimum absolute atomic E-state index is 0.138. The highest BCUT2D eigenvalue weighted by Crippen LogP contribution is 2.52. The number of hydrogen-bond donors (Lipinski definition) is 0. The van der Waals surface area contributed by atoms with E-state index < -0.39 is 0 Å². The quantitative estimate of drug-likeness (QED) is 0.177. The van der Waals surface area contributed by atoms with Gasteiger partial charge in [-0.25, -0.2) is 0 Å². The zero-order valence-electron chi connectivity index (χ0n) is 30.0. The lowest BCUT2D eigenvalue weighted by Gasteiger charge is -2.30. The van der Waals surface area contributed by atoms with Gasteiger partial charge in [-0.2, -0.15) is 0 Å². The third-order valence-electron chi connectivity index (χ3n) is 11.5. The number of para-hydroxylation sites is 1. The number of hydrogen-bond acceptors (Lipinski definition) is 3. The number of rotatable bonds is 5. The van der Waals surface area contributed by atoms with Gasteiger partial charge in [0.25, 0.3) is 0 Å². The number of nitrogens with zero attached hydrogens (tertiary/aromatic N) is 1. The molecule has 0 saturated carbocycles. The van der Waals surface area contributed by atoms with Crippen LogP contribution in [-0.4, -0.2) is 0 Å². The number of anilines is 3. The normalized spacial score (nSPS) is 13.1. The van der Waals surface area contributed by atoms with Crippen LogP contribution in [0.1, 0.15) is 25.0 Å². The lowest BCUT2D eigenvalue weighted by molar-refractivity contribution is 0.660. The zero-order chi connectivity index (χ0) is 36.0. The maximum absolute atomic E-state index is 6.62. The molecule has 256 valence electrons. The molecule has 3 heteroatoms. The monoisotopic (exact) mass is 709 g/mol. The fraction of sp³-hybridized carbons (Fsp3) is 0.0588. The van der Waals surface area contributed by atoms with E-state index in [1.54, 1.807) is 0 Å². The molecule has 11 rings (SSSR count). The van der Waals surface area contributed by atoms with Crippen molar-refractivity contribution in [2.75, 3.05) is 4.90 Å². The first-order valence-corrected chi connectivity index (χ1v) is 19.4. The number of thiophene rings is 1. The molecule has 0 fully saturated rings. The van der Waals surface area contributed by atoms with Crippen LogP contribution in [0.25, 0.3) is 75.5 Å². The van der Waals surface area contributed by atoms with Gasteiger partial charge in [-0.3, -0.25) is 0 Å². The average Bonchev–Trinajstić information content (AvgIpc) is 3.85. The molecule has 8 aromatic carbocycles. The zero-order valence-corrected chi connectivity index (χ0v) is 30.8. The maximum atomic E-state index is 6.62. The van der Waals surface area contributed by atoms with Crippen LogP contribution in [0.4, 0.5) is 17.1 Å². The molecule has 0 spiro atoms. The predicted molar refractivity (Wildman–Crippen MR) is 230 cm³/mol. The molecular formula is C51H35NOS. The fourth-order valence-corrected chi connectivity index (χ4v) is 9.85. The molecule has 0 amide bonds. The van der Waals surface area contributed by atoms with Crippen LogP contribution >= 0.6 is 11.3 Å². The van der Waals surface area contributed by atoms with Crippen molar-refractivity contribution < 1.29 is 4.42 Å². The molecule has 2 nitrogen and oxygen atoms in total. The largest absolute Gasteiger partial charge is 0.456 e. The number of furan rings is 1. The van der Waals surface area contributed by atoms with Gasteiger partial charge in [-0.15, -0.1) is 11.3 Å². The molecule has 0 unspecified atom stereocenters. The Bertz CT molecular complexity index is 3080. The van der Waals surface area contributed by atoms with E-state index in [1.165, 1.54) is 59.1 Å². The highest BCUT2D eigenvalue weighted by Gasteiger charge is 2.36. The van der Waals surface area contributed by atoms with Gasteiger partial charge in [0.2, 0.25) is 0 Å². The number of benzene rings is 8. The molecule has 0 saturated heterocycles. The second-order valence-corrected chi connectivity index (χ2v) is 16.0. The van der Waals surface area contributed by atoms with Crippen molar-refractivity contribution in [1.82, 2.24) is 0 Å². The summed E-state index contributed by atoms with van der Waals surface area (Å²) in [4.78, 5) is 2.44. The van der Waals surface area contributed by atoms with Gasteiger partial charge in [-0.05, 0) is 93.5 Å². The fourth-order valence-electron chi connectivity index (χ4n) is 8.76. The van der Waals surface area contributed by atoms with Crippen molar-refractivity contribution in [1.29, 1.82) is 0 Å². The molecule has 54 heavy (non-hydrogen) atoms. The van der Waals surface area contributed by atoms with Crippen molar-refractivity contribution in [3.8, 4) is 33.4 Å². The Kier molecular flexibility index (Phi) is 6.80. The second kappa shape index (κ2) is 11.8. The van der Waals surface area contributed by atoms with Gasteiger partial charge in [0.05, 0.1) is 5.69 Å². The van der Waals surface area contributed by atoms with E-state index >= 15 is 0 Å². The highest BCUT2D eigenvalue weighted by atomic mass is 32.1. The Labute approximate surface area is 318 Å². The minimum Gasteiger partial charge on any atom is -0.456 e. The van der Waals surface area contributed by atoms with Crippen molar-refractivity contribution in [3.05, 3.63) is 187 Å². The summed E-state index contributed by atoms with van der Waals surface area (Å²) in [5, 5.41) is 4.82. The maximum Gasteiger partial charge on any atom is 0.137 e. The standard InChI is InChI=1S/C51H35NOS/c1-51(2)44-17-9-6-14-37(44)38-26-25-36(29-45(38)51)52(35-23-20-33(21-24-35)32-12-4-3-5-13-32)46-31-48-42(39-15-7-10-18-47(39)53-48)30-41(46)34-22-27-50-43(28-34)40-16-8-11-19-49(40)54-50/h3-31H,1-2H3. The molecule has 0 bridgehead atoms. The van der Waals surface area contributed by atoms with Crippen molar-refractivity contribution in [2.24, 2.45) is 0 Å². The van der Waals surface area contributed by atoms with Crippen LogP contribution in [0.3, 0.4) is 0 Å². The molecular weight excluding hydrogens is 675 g/mol. The van der Waals surface area contributed by atoms with Crippen LogP contribution in [0.2, 0.25) is 0 Å². The number of fused-ring (bicyclic) bond motifs is 9. The first-order chi connectivity index (χ1) is 26.5. The van der Waals surface area contributed by atoms with Gasteiger partial charge >= 0.3 is 0 Å². The van der Waals surface area contributed by atoms with Crippen molar-refractivity contribution in [2.45, 2.75) is 19.3 Å². The molecule has 0 aliphatic heterocycles. The summed E-state index contributed by atoms with van der Waals surface area (Å²) in [7, 11) is 0. The van der Waals surface area contributed by atoms with E-state index in [0.717, 1.165) is 44.6 Å². The van der Waals surface area contributed by atoms with Crippen LogP contribution in [0.5, 0.6) is 0 Å². The molecule has 0 atom stereocenters. The SMILES string of the molecule is CC1(C)c2ccccc2-c2ccc(N(c3ccc(-c4ccccc4)cc3)c3cc4oc5ccccc5c4cc3-c3ccc4sc5ccccc5c4c3)cc21. The van der Waals surface area contributed by atoms with E-state index in [9.17, 15) is 0 Å². The Balaban J connectivity index is 1.19. The van der Waals surface area contributed by atoms with E-state index in [2.05, 4.69) is 189 Å². The van der Waals surface area contributed by atoms with Gasteiger partial charge in [0, 0.05) is 59.4 Å². The molecule has 0 radical (unpaired) electrons. The third kappa shape index (κ3) is 4.72. The summed E-state index contributed by atoms with van der Waals surface area (Å²) in [6.07, 6.45) is 0. The van der Waals surface area contributed by atoms with Gasteiger partial charge < -0.3 is 9.32 Å². The molecule has 0 N–H and O–H groups in total. The molecule has 1 aliphatic rings. The summed E-state index contributed by atoms with van der Waals surface area (Å²) < 4.78 is 9.23. The minimum atomic E-state index is -0.138. The Morgan fingerprint density at radius 1 is 0.426 bits per heavy atom. The van der Waals surface area contributed by atoms with Crippen LogP contribution < -0.4 is 4.90 Å². The smallest absolute Gasteiger partial charge is 0.137 e. The van der Waals surface area contributed by atoms with E-state index in [-0.39, 0.29) is 5.41 Å². The van der Waals surface area contributed by atoms with Crippen molar-refractivity contribution >= 4 is 70.5 Å². The summed E-state index contributed by atoms with van der Waals surface area (Å²) in [5.41, 5.74) is 15.0. The van der Waals surface area contributed by atoms with Gasteiger partial charge in [0.1, 0.15) is 11.2 Å². The first-order valence-electron chi connectivity index (χ1n) is 18.6. The summed E-state index contributed by atoms with van der Waals surface area (Å²) >= 11 is 1.86. The predicted octanol–water partition coefficient (Wildman–Crippen LogP) is 15.1. The summed E-state index contributed by atoms with van der Waals surface area (Å²) in [6, 6.07) is 64.3. The van der Waals surface area contributed by atoms with E-state index in [1.807, 2.05) is 17.4 Å². The van der Waals surface area contributed by atoms with Crippen LogP contribution in [-0.2, 0) is 5.41 Å². The second-order valence-electron chi connectivity index (χ2n) is 14.9. The molecule has 10 aromatic rings. The molecule has 2 aromatic heterocycles. The first kappa shape index (κ1) is 31.1.